The van der Waals surface area contributed by atoms with Crippen LogP contribution in [0.25, 0.3) is 11.3 Å². The van der Waals surface area contributed by atoms with Crippen molar-refractivity contribution in [1.82, 2.24) is 20.1 Å². The molecule has 2 aromatic rings. The molecule has 0 bridgehead atoms. The van der Waals surface area contributed by atoms with E-state index in [0.717, 1.165) is 36.6 Å². The van der Waals surface area contributed by atoms with Crippen LogP contribution in [0.5, 0.6) is 0 Å². The molecule has 120 valence electrons. The van der Waals surface area contributed by atoms with Crippen molar-refractivity contribution in [2.75, 3.05) is 25.5 Å². The van der Waals surface area contributed by atoms with Gasteiger partial charge in [-0.15, -0.1) is 0 Å². The number of hydrogen-bond donors (Lipinski definition) is 1. The van der Waals surface area contributed by atoms with Gasteiger partial charge in [0.05, 0.1) is 5.69 Å². The standard InChI is InChI=1S/C17H27N5/c1-6-9-21(4)12-15-11-19-20-17(15)14-7-8-16(18-10-14)22(5)13(2)3/h7-8,10-11,13H,6,9,12H2,1-5H3,(H,19,20). The van der Waals surface area contributed by atoms with E-state index in [0.29, 0.717) is 6.04 Å². The fraction of sp³-hybridized carbons (Fsp3) is 0.529. The van der Waals surface area contributed by atoms with E-state index in [1.807, 2.05) is 12.4 Å². The third kappa shape index (κ3) is 3.85. The van der Waals surface area contributed by atoms with Gasteiger partial charge in [-0.05, 0) is 46.0 Å². The maximum atomic E-state index is 4.57. The monoisotopic (exact) mass is 301 g/mol. The second-order valence-electron chi connectivity index (χ2n) is 6.11. The Labute approximate surface area is 133 Å². The zero-order valence-electron chi connectivity index (χ0n) is 14.3. The first-order valence-corrected chi connectivity index (χ1v) is 7.93. The summed E-state index contributed by atoms with van der Waals surface area (Å²) >= 11 is 0. The van der Waals surface area contributed by atoms with Crippen molar-refractivity contribution in [1.29, 1.82) is 0 Å². The van der Waals surface area contributed by atoms with Crippen LogP contribution in [0.4, 0.5) is 5.82 Å². The predicted molar refractivity (Wildman–Crippen MR) is 92.0 cm³/mol. The van der Waals surface area contributed by atoms with Gasteiger partial charge < -0.3 is 9.80 Å². The first-order chi connectivity index (χ1) is 10.5. The highest BCUT2D eigenvalue weighted by Gasteiger charge is 2.12. The highest BCUT2D eigenvalue weighted by Crippen LogP contribution is 2.23. The first kappa shape index (κ1) is 16.5. The molecule has 0 aromatic carbocycles. The molecule has 1 N–H and O–H groups in total. The van der Waals surface area contributed by atoms with Gasteiger partial charge in [0.15, 0.2) is 0 Å². The summed E-state index contributed by atoms with van der Waals surface area (Å²) in [6, 6.07) is 4.59. The average Bonchev–Trinajstić information content (AvgIpc) is 2.94. The number of nitrogens with one attached hydrogen (secondary N) is 1. The molecule has 22 heavy (non-hydrogen) atoms. The Kier molecular flexibility index (Phi) is 5.55. The number of H-pyrrole nitrogens is 1. The van der Waals surface area contributed by atoms with Crippen molar-refractivity contribution in [3.63, 3.8) is 0 Å². The van der Waals surface area contributed by atoms with E-state index in [1.165, 1.54) is 5.56 Å². The molecule has 0 atom stereocenters. The van der Waals surface area contributed by atoms with Crippen LogP contribution in [0.2, 0.25) is 0 Å². The average molecular weight is 301 g/mol. The van der Waals surface area contributed by atoms with Crippen LogP contribution < -0.4 is 4.90 Å². The van der Waals surface area contributed by atoms with Gasteiger partial charge >= 0.3 is 0 Å². The van der Waals surface area contributed by atoms with Crippen LogP contribution in [0.15, 0.2) is 24.5 Å². The fourth-order valence-electron chi connectivity index (χ4n) is 2.44. The van der Waals surface area contributed by atoms with Crippen molar-refractivity contribution >= 4 is 5.82 Å². The van der Waals surface area contributed by atoms with Crippen LogP contribution in [-0.4, -0.2) is 46.8 Å². The van der Waals surface area contributed by atoms with Gasteiger partial charge in [-0.25, -0.2) is 4.98 Å². The third-order valence-electron chi connectivity index (χ3n) is 3.92. The molecule has 0 saturated carbocycles. The van der Waals surface area contributed by atoms with Gasteiger partial charge in [0.25, 0.3) is 0 Å². The van der Waals surface area contributed by atoms with Gasteiger partial charge in [-0.3, -0.25) is 5.10 Å². The lowest BCUT2D eigenvalue weighted by atomic mass is 10.1. The lowest BCUT2D eigenvalue weighted by Gasteiger charge is -2.22. The molecule has 5 nitrogen and oxygen atoms in total. The van der Waals surface area contributed by atoms with Crippen molar-refractivity contribution in [3.05, 3.63) is 30.1 Å². The number of aromatic amines is 1. The number of nitrogens with zero attached hydrogens (tertiary/aromatic N) is 4. The zero-order chi connectivity index (χ0) is 16.1. The molecule has 0 radical (unpaired) electrons. The maximum Gasteiger partial charge on any atom is 0.128 e. The summed E-state index contributed by atoms with van der Waals surface area (Å²) < 4.78 is 0. The molecule has 0 aliphatic heterocycles. The summed E-state index contributed by atoms with van der Waals surface area (Å²) in [6.45, 7) is 8.49. The zero-order valence-corrected chi connectivity index (χ0v) is 14.3. The van der Waals surface area contributed by atoms with Crippen molar-refractivity contribution in [2.24, 2.45) is 0 Å². The molecule has 2 heterocycles. The summed E-state index contributed by atoms with van der Waals surface area (Å²) in [6.07, 6.45) is 5.05. The topological polar surface area (TPSA) is 48.1 Å². The van der Waals surface area contributed by atoms with E-state index >= 15 is 0 Å². The second kappa shape index (κ2) is 7.40. The Hall–Kier alpha value is -1.88. The Morgan fingerprint density at radius 1 is 1.23 bits per heavy atom. The molecule has 0 aliphatic rings. The summed E-state index contributed by atoms with van der Waals surface area (Å²) in [7, 11) is 4.20. The van der Waals surface area contributed by atoms with E-state index in [4.69, 9.17) is 0 Å². The van der Waals surface area contributed by atoms with E-state index in [2.05, 4.69) is 72.0 Å². The van der Waals surface area contributed by atoms with E-state index in [1.54, 1.807) is 0 Å². The van der Waals surface area contributed by atoms with Crippen LogP contribution in [0, 0.1) is 0 Å². The number of hydrogen-bond acceptors (Lipinski definition) is 4. The molecular weight excluding hydrogens is 274 g/mol. The lowest BCUT2D eigenvalue weighted by molar-refractivity contribution is 0.328. The second-order valence-corrected chi connectivity index (χ2v) is 6.11. The molecular formula is C17H27N5. The number of aromatic nitrogens is 3. The lowest BCUT2D eigenvalue weighted by Crippen LogP contribution is -2.26. The van der Waals surface area contributed by atoms with Crippen LogP contribution in [0.1, 0.15) is 32.8 Å². The Bertz CT molecular complexity index is 573. The fourth-order valence-corrected chi connectivity index (χ4v) is 2.44. The van der Waals surface area contributed by atoms with Gasteiger partial charge in [0.1, 0.15) is 5.82 Å². The number of rotatable bonds is 7. The Morgan fingerprint density at radius 3 is 2.59 bits per heavy atom. The van der Waals surface area contributed by atoms with E-state index in [9.17, 15) is 0 Å². The minimum absolute atomic E-state index is 0.432. The van der Waals surface area contributed by atoms with Crippen LogP contribution in [-0.2, 0) is 6.54 Å². The highest BCUT2D eigenvalue weighted by molar-refractivity contribution is 5.63. The minimum Gasteiger partial charge on any atom is -0.357 e. The van der Waals surface area contributed by atoms with Crippen molar-refractivity contribution in [2.45, 2.75) is 39.8 Å². The summed E-state index contributed by atoms with van der Waals surface area (Å²) in [5.41, 5.74) is 3.26. The highest BCUT2D eigenvalue weighted by atomic mass is 15.2. The van der Waals surface area contributed by atoms with E-state index < -0.39 is 0 Å². The first-order valence-electron chi connectivity index (χ1n) is 7.93. The van der Waals surface area contributed by atoms with Gasteiger partial charge in [0, 0.05) is 43.2 Å². The van der Waals surface area contributed by atoms with E-state index in [-0.39, 0.29) is 0 Å². The van der Waals surface area contributed by atoms with Gasteiger partial charge in [0.2, 0.25) is 0 Å². The molecule has 0 aliphatic carbocycles. The van der Waals surface area contributed by atoms with Crippen LogP contribution in [0.3, 0.4) is 0 Å². The summed E-state index contributed by atoms with van der Waals surface area (Å²) in [4.78, 5) is 9.04. The third-order valence-corrected chi connectivity index (χ3v) is 3.92. The van der Waals surface area contributed by atoms with Crippen LogP contribution >= 0.6 is 0 Å². The predicted octanol–water partition coefficient (Wildman–Crippen LogP) is 3.16. The Morgan fingerprint density at radius 2 is 2.00 bits per heavy atom. The maximum absolute atomic E-state index is 4.57. The van der Waals surface area contributed by atoms with Gasteiger partial charge in [-0.1, -0.05) is 6.92 Å². The molecule has 0 saturated heterocycles. The quantitative estimate of drug-likeness (QED) is 0.853. The summed E-state index contributed by atoms with van der Waals surface area (Å²) in [5, 5.41) is 7.39. The number of pyridine rings is 1. The molecule has 2 rings (SSSR count). The molecule has 0 spiro atoms. The minimum atomic E-state index is 0.432. The van der Waals surface area contributed by atoms with Crippen molar-refractivity contribution < 1.29 is 0 Å². The summed E-state index contributed by atoms with van der Waals surface area (Å²) in [5.74, 6) is 0.985. The molecule has 5 heteroatoms. The van der Waals surface area contributed by atoms with Gasteiger partial charge in [-0.2, -0.15) is 5.10 Å². The normalized spacial score (nSPS) is 11.4. The molecule has 0 fully saturated rings. The van der Waals surface area contributed by atoms with Crippen molar-refractivity contribution in [3.8, 4) is 11.3 Å². The number of anilines is 1. The SMILES string of the molecule is CCCN(C)Cc1c[nH]nc1-c1ccc(N(C)C(C)C)nc1. The smallest absolute Gasteiger partial charge is 0.128 e. The molecule has 2 aromatic heterocycles. The Balaban J connectivity index is 2.17. The molecule has 0 unspecified atom stereocenters. The molecule has 0 amide bonds. The largest absolute Gasteiger partial charge is 0.357 e.